The van der Waals surface area contributed by atoms with E-state index in [1.807, 2.05) is 48.5 Å². The van der Waals surface area contributed by atoms with Gasteiger partial charge in [0.2, 0.25) is 0 Å². The van der Waals surface area contributed by atoms with Crippen LogP contribution in [0.15, 0.2) is 48.5 Å². The van der Waals surface area contributed by atoms with Crippen molar-refractivity contribution >= 4 is 11.6 Å². The van der Waals surface area contributed by atoms with E-state index in [9.17, 15) is 4.79 Å². The van der Waals surface area contributed by atoms with Crippen molar-refractivity contribution in [3.8, 4) is 0 Å². The van der Waals surface area contributed by atoms with Gasteiger partial charge in [0.1, 0.15) is 0 Å². The third-order valence-electron chi connectivity index (χ3n) is 5.36. The molecule has 1 atom stereocenters. The summed E-state index contributed by atoms with van der Waals surface area (Å²) in [5.74, 6) is -0.0922. The fourth-order valence-corrected chi connectivity index (χ4v) is 3.90. The van der Waals surface area contributed by atoms with Crippen LogP contribution in [-0.4, -0.2) is 50.1 Å². The second-order valence-electron chi connectivity index (χ2n) is 7.29. The van der Waals surface area contributed by atoms with Crippen LogP contribution in [0.4, 0.5) is 5.69 Å². The molecule has 2 fully saturated rings. The van der Waals surface area contributed by atoms with Crippen LogP contribution in [0.5, 0.6) is 0 Å². The van der Waals surface area contributed by atoms with E-state index in [2.05, 4.69) is 31.9 Å². The lowest BCUT2D eigenvalue weighted by Gasteiger charge is -2.23. The monoisotopic (exact) mass is 381 g/mol. The van der Waals surface area contributed by atoms with Crippen LogP contribution >= 0.6 is 0 Å². The third-order valence-corrected chi connectivity index (χ3v) is 5.36. The molecule has 7 N–H and O–H groups in total. The molecule has 2 saturated heterocycles. The number of nitrogens with one attached hydrogen (secondary N) is 4. The first kappa shape index (κ1) is 19.0. The summed E-state index contributed by atoms with van der Waals surface area (Å²) in [4.78, 5) is 15.0. The highest BCUT2D eigenvalue weighted by molar-refractivity contribution is 6.04. The number of quaternary nitrogens is 1. The molecule has 4 rings (SSSR count). The molecule has 1 amide bonds. The van der Waals surface area contributed by atoms with Crippen LogP contribution in [0.25, 0.3) is 0 Å². The molecule has 0 unspecified atom stereocenters. The maximum absolute atomic E-state index is 12.6. The molecule has 0 radical (unpaired) electrons. The van der Waals surface area contributed by atoms with Crippen molar-refractivity contribution in [1.82, 2.24) is 20.9 Å². The summed E-state index contributed by atoms with van der Waals surface area (Å²) in [6.45, 7) is 5.83. The van der Waals surface area contributed by atoms with Gasteiger partial charge in [-0.05, 0) is 35.4 Å². The Morgan fingerprint density at radius 1 is 0.964 bits per heavy atom. The van der Waals surface area contributed by atoms with E-state index in [4.69, 9.17) is 0 Å². The zero-order chi connectivity index (χ0) is 19.3. The standard InChI is InChI=1S/C21H28N6O/c22-9-13-27-14-12-25-20(27)16-1-3-17(4-2-16)21(28)26-18-7-5-15(6-8-18)19-23-10-11-24-19/h1-8,19-20,23-25H,9-14,22H2,(H,26,28)/p+1/t20-/m0/s1. The number of carbonyl (C=O) groups excluding carboxylic acids is 1. The average molecular weight is 382 g/mol. The first-order chi connectivity index (χ1) is 13.7. The van der Waals surface area contributed by atoms with E-state index in [1.54, 1.807) is 0 Å². The number of nitrogens with zero attached hydrogens (tertiary/aromatic N) is 1. The molecule has 28 heavy (non-hydrogen) atoms. The predicted octanol–water partition coefficient (Wildman–Crippen LogP) is 0.276. The van der Waals surface area contributed by atoms with Crippen LogP contribution in [0.2, 0.25) is 0 Å². The number of hydrogen-bond acceptors (Lipinski definition) is 5. The molecule has 2 aromatic carbocycles. The Hall–Kier alpha value is -2.29. The van der Waals surface area contributed by atoms with E-state index < -0.39 is 0 Å². The van der Waals surface area contributed by atoms with Crippen molar-refractivity contribution in [2.75, 3.05) is 44.6 Å². The lowest BCUT2D eigenvalue weighted by molar-refractivity contribution is -0.369. The minimum Gasteiger partial charge on any atom is -0.356 e. The summed E-state index contributed by atoms with van der Waals surface area (Å²) in [5, 5.41) is 13.3. The molecule has 0 aliphatic carbocycles. The van der Waals surface area contributed by atoms with Crippen molar-refractivity contribution in [1.29, 1.82) is 0 Å². The fraction of sp³-hybridized carbons (Fsp3) is 0.381. The van der Waals surface area contributed by atoms with Gasteiger partial charge in [0.05, 0.1) is 18.9 Å². The zero-order valence-corrected chi connectivity index (χ0v) is 16.1. The quantitative estimate of drug-likeness (QED) is 0.495. The molecule has 7 heteroatoms. The van der Waals surface area contributed by atoms with Gasteiger partial charge >= 0.3 is 0 Å². The topological polar surface area (TPSA) is 96.1 Å². The second-order valence-corrected chi connectivity index (χ2v) is 7.29. The first-order valence-corrected chi connectivity index (χ1v) is 9.99. The van der Waals surface area contributed by atoms with E-state index in [-0.39, 0.29) is 18.2 Å². The van der Waals surface area contributed by atoms with Crippen LogP contribution < -0.4 is 27.0 Å². The Bertz CT molecular complexity index is 786. The van der Waals surface area contributed by atoms with E-state index >= 15 is 0 Å². The normalized spacial score (nSPS) is 20.5. The summed E-state index contributed by atoms with van der Waals surface area (Å²) in [6, 6.07) is 15.8. The summed E-state index contributed by atoms with van der Waals surface area (Å²) < 4.78 is 0. The molecule has 0 bridgehead atoms. The van der Waals surface area contributed by atoms with Crippen molar-refractivity contribution in [2.24, 2.45) is 0 Å². The highest BCUT2D eigenvalue weighted by Crippen LogP contribution is 2.22. The van der Waals surface area contributed by atoms with Crippen LogP contribution in [-0.2, 0) is 0 Å². The van der Waals surface area contributed by atoms with Crippen LogP contribution in [0.1, 0.15) is 33.8 Å². The van der Waals surface area contributed by atoms with E-state index in [0.717, 1.165) is 45.0 Å². The van der Waals surface area contributed by atoms with Crippen molar-refractivity contribution < 1.29 is 10.5 Å². The molecule has 2 heterocycles. The number of benzene rings is 2. The van der Waals surface area contributed by atoms with E-state index in [1.165, 1.54) is 11.1 Å². The second kappa shape index (κ2) is 8.81. The van der Waals surface area contributed by atoms with Gasteiger partial charge in [0.15, 0.2) is 0 Å². The minimum atomic E-state index is -0.0922. The molecule has 148 valence electrons. The lowest BCUT2D eigenvalue weighted by atomic mass is 10.1. The molecule has 2 aliphatic rings. The third kappa shape index (κ3) is 4.24. The SMILES string of the molecule is [NH3+]CCN1CCN[C@@H]1c1ccc(C(=O)Nc2ccc(C3NCCN3)cc2)cc1. The fourth-order valence-electron chi connectivity index (χ4n) is 3.90. The van der Waals surface area contributed by atoms with Gasteiger partial charge in [-0.2, -0.15) is 0 Å². The van der Waals surface area contributed by atoms with Crippen LogP contribution in [0.3, 0.4) is 0 Å². The summed E-state index contributed by atoms with van der Waals surface area (Å²) in [6.07, 6.45) is 0.411. The number of carbonyl (C=O) groups is 1. The summed E-state index contributed by atoms with van der Waals surface area (Å²) in [7, 11) is 0. The first-order valence-electron chi connectivity index (χ1n) is 9.99. The maximum atomic E-state index is 12.6. The molecule has 7 nitrogen and oxygen atoms in total. The van der Waals surface area contributed by atoms with Gasteiger partial charge < -0.3 is 11.1 Å². The van der Waals surface area contributed by atoms with E-state index in [0.29, 0.717) is 5.56 Å². The van der Waals surface area contributed by atoms with Gasteiger partial charge in [-0.1, -0.05) is 24.3 Å². The maximum Gasteiger partial charge on any atom is 0.255 e. The number of hydrogen-bond donors (Lipinski definition) is 5. The zero-order valence-electron chi connectivity index (χ0n) is 16.1. The van der Waals surface area contributed by atoms with Crippen molar-refractivity contribution in [3.05, 3.63) is 65.2 Å². The molecular formula is C21H29N6O+. The Morgan fingerprint density at radius 2 is 1.64 bits per heavy atom. The Labute approximate surface area is 165 Å². The highest BCUT2D eigenvalue weighted by atomic mass is 16.1. The predicted molar refractivity (Wildman–Crippen MR) is 110 cm³/mol. The van der Waals surface area contributed by atoms with Crippen molar-refractivity contribution in [2.45, 2.75) is 12.3 Å². The lowest BCUT2D eigenvalue weighted by Crippen LogP contribution is -2.55. The summed E-state index contributed by atoms with van der Waals surface area (Å²) in [5.41, 5.74) is 7.77. The Morgan fingerprint density at radius 3 is 2.32 bits per heavy atom. The number of rotatable bonds is 6. The Balaban J connectivity index is 1.38. The molecule has 2 aromatic rings. The smallest absolute Gasteiger partial charge is 0.255 e. The van der Waals surface area contributed by atoms with Gasteiger partial charge in [-0.15, -0.1) is 0 Å². The van der Waals surface area contributed by atoms with Gasteiger partial charge in [0, 0.05) is 44.0 Å². The van der Waals surface area contributed by atoms with Gasteiger partial charge in [-0.3, -0.25) is 25.6 Å². The molecule has 0 aromatic heterocycles. The van der Waals surface area contributed by atoms with Crippen molar-refractivity contribution in [3.63, 3.8) is 0 Å². The van der Waals surface area contributed by atoms with Gasteiger partial charge in [0.25, 0.3) is 5.91 Å². The molecule has 2 aliphatic heterocycles. The Kier molecular flexibility index (Phi) is 5.99. The molecule has 0 spiro atoms. The van der Waals surface area contributed by atoms with Gasteiger partial charge in [-0.25, -0.2) is 0 Å². The molecular weight excluding hydrogens is 352 g/mol. The minimum absolute atomic E-state index is 0.0922. The largest absolute Gasteiger partial charge is 0.356 e. The molecule has 0 saturated carbocycles. The number of anilines is 1. The number of amides is 1. The highest BCUT2D eigenvalue weighted by Gasteiger charge is 2.25. The van der Waals surface area contributed by atoms with Crippen LogP contribution in [0, 0.1) is 0 Å². The summed E-state index contributed by atoms with van der Waals surface area (Å²) >= 11 is 0. The average Bonchev–Trinajstić information content (AvgIpc) is 3.41.